The quantitative estimate of drug-likeness (QED) is 0.194. The van der Waals surface area contributed by atoms with Crippen LogP contribution in [0.3, 0.4) is 0 Å². The minimum absolute atomic E-state index is 0.219. The van der Waals surface area contributed by atoms with Crippen molar-refractivity contribution in [2.45, 2.75) is 10.1 Å². The number of nitrogens with one attached hydrogen (secondary N) is 2. The molecule has 0 radical (unpaired) electrons. The van der Waals surface area contributed by atoms with E-state index in [9.17, 15) is 14.4 Å². The van der Waals surface area contributed by atoms with Crippen LogP contribution in [0.1, 0.15) is 26.7 Å². The number of nitrogens with two attached hydrogens (primary N) is 1. The summed E-state index contributed by atoms with van der Waals surface area (Å²) in [6.45, 7) is 0. The maximum absolute atomic E-state index is 13.3. The summed E-state index contributed by atoms with van der Waals surface area (Å²) in [5, 5.41) is 5.23. The number of carbonyl (C=O) groups is 3. The molecule has 6 nitrogen and oxygen atoms in total. The van der Waals surface area contributed by atoms with Crippen molar-refractivity contribution >= 4 is 46.9 Å². The Balaban J connectivity index is 1.48. The molecule has 37 heavy (non-hydrogen) atoms. The Labute approximate surface area is 219 Å². The van der Waals surface area contributed by atoms with E-state index in [4.69, 9.17) is 5.73 Å². The topological polar surface area (TPSA) is 101 Å². The van der Waals surface area contributed by atoms with E-state index in [2.05, 4.69) is 10.6 Å². The molecule has 0 aliphatic heterocycles. The smallest absolute Gasteiger partial charge is 0.248 e. The first kappa shape index (κ1) is 25.5. The average molecular weight is 508 g/mol. The van der Waals surface area contributed by atoms with Crippen molar-refractivity contribution in [3.8, 4) is 0 Å². The van der Waals surface area contributed by atoms with Crippen LogP contribution in [0.25, 0.3) is 6.08 Å². The number of benzene rings is 4. The Kier molecular flexibility index (Phi) is 8.52. The fourth-order valence-electron chi connectivity index (χ4n) is 3.53. The molecule has 0 aliphatic rings. The first-order valence-electron chi connectivity index (χ1n) is 11.5. The summed E-state index contributed by atoms with van der Waals surface area (Å²) in [4.78, 5) is 37.9. The Bertz CT molecular complexity index is 1410. The van der Waals surface area contributed by atoms with Crippen molar-refractivity contribution in [1.82, 2.24) is 0 Å². The van der Waals surface area contributed by atoms with E-state index in [1.807, 2.05) is 78.9 Å². The van der Waals surface area contributed by atoms with Gasteiger partial charge < -0.3 is 16.4 Å². The van der Waals surface area contributed by atoms with Crippen molar-refractivity contribution in [3.05, 3.63) is 132 Å². The van der Waals surface area contributed by atoms with Crippen LogP contribution in [0.2, 0.25) is 0 Å². The van der Waals surface area contributed by atoms with Crippen molar-refractivity contribution in [2.75, 3.05) is 10.6 Å². The predicted molar refractivity (Wildman–Crippen MR) is 149 cm³/mol. The third kappa shape index (κ3) is 7.43. The van der Waals surface area contributed by atoms with E-state index < -0.39 is 11.2 Å². The minimum atomic E-state index is -0.555. The van der Waals surface area contributed by atoms with Gasteiger partial charge in [-0.15, -0.1) is 11.8 Å². The molecule has 4 rings (SSSR count). The normalized spacial score (nSPS) is 11.6. The van der Waals surface area contributed by atoms with Gasteiger partial charge in [0.2, 0.25) is 17.7 Å². The highest BCUT2D eigenvalue weighted by atomic mass is 32.2. The molecule has 0 fully saturated rings. The molecule has 0 aromatic heterocycles. The number of hydrogen-bond acceptors (Lipinski definition) is 4. The van der Waals surface area contributed by atoms with Crippen molar-refractivity contribution in [2.24, 2.45) is 5.73 Å². The van der Waals surface area contributed by atoms with Gasteiger partial charge >= 0.3 is 0 Å². The van der Waals surface area contributed by atoms with E-state index in [0.29, 0.717) is 16.9 Å². The molecule has 0 saturated carbocycles. The molecule has 184 valence electrons. The highest BCUT2D eigenvalue weighted by Crippen LogP contribution is 2.37. The van der Waals surface area contributed by atoms with Gasteiger partial charge in [0, 0.05) is 27.9 Å². The van der Waals surface area contributed by atoms with Gasteiger partial charge in [0.25, 0.3) is 0 Å². The number of carbonyl (C=O) groups excluding carboxylic acids is 3. The van der Waals surface area contributed by atoms with Crippen LogP contribution in [0.4, 0.5) is 11.4 Å². The van der Waals surface area contributed by atoms with Gasteiger partial charge in [0.15, 0.2) is 0 Å². The molecule has 4 aromatic carbocycles. The molecular weight excluding hydrogens is 482 g/mol. The lowest BCUT2D eigenvalue weighted by Crippen LogP contribution is -2.19. The van der Waals surface area contributed by atoms with Crippen LogP contribution >= 0.6 is 11.8 Å². The fraction of sp³-hybridized carbons (Fsp3) is 0.0333. The SMILES string of the molecule is NC(=O)c1ccc(NC(=O)C(Sc2cccc(NC(=O)/C=C/c3ccccc3)c2)c2ccccc2)cc1. The zero-order valence-corrected chi connectivity index (χ0v) is 20.7. The lowest BCUT2D eigenvalue weighted by molar-refractivity contribution is -0.116. The molecule has 0 bridgehead atoms. The molecule has 0 heterocycles. The average Bonchev–Trinajstić information content (AvgIpc) is 2.92. The fourth-order valence-corrected chi connectivity index (χ4v) is 4.61. The Morgan fingerprint density at radius 2 is 1.41 bits per heavy atom. The second-order valence-electron chi connectivity index (χ2n) is 8.10. The predicted octanol–water partition coefficient (Wildman–Crippen LogP) is 5.91. The summed E-state index contributed by atoms with van der Waals surface area (Å²) < 4.78 is 0. The van der Waals surface area contributed by atoms with Crippen LogP contribution in [0.15, 0.2) is 120 Å². The van der Waals surface area contributed by atoms with Crippen LogP contribution in [0.5, 0.6) is 0 Å². The number of amides is 3. The summed E-state index contributed by atoms with van der Waals surface area (Å²) in [5.74, 6) is -0.996. The standard InChI is InChI=1S/C30H25N3O3S/c31-29(35)23-15-17-24(18-16-23)33-30(36)28(22-10-5-2-6-11-22)37-26-13-7-12-25(20-26)32-27(34)19-14-21-8-3-1-4-9-21/h1-20,28H,(H2,31,35)(H,32,34)(H,33,36)/b19-14+. The second-order valence-corrected chi connectivity index (χ2v) is 9.28. The molecule has 0 aliphatic carbocycles. The Hall–Kier alpha value is -4.62. The minimum Gasteiger partial charge on any atom is -0.366 e. The molecule has 7 heteroatoms. The maximum atomic E-state index is 13.3. The highest BCUT2D eigenvalue weighted by Gasteiger charge is 2.22. The molecule has 0 spiro atoms. The van der Waals surface area contributed by atoms with Gasteiger partial charge in [0.05, 0.1) is 0 Å². The lowest BCUT2D eigenvalue weighted by atomic mass is 10.1. The maximum Gasteiger partial charge on any atom is 0.248 e. The molecule has 4 aromatic rings. The summed E-state index contributed by atoms with van der Waals surface area (Å²) in [6, 6.07) is 32.8. The number of hydrogen-bond donors (Lipinski definition) is 3. The van der Waals surface area contributed by atoms with E-state index in [1.165, 1.54) is 17.8 Å². The number of rotatable bonds is 9. The Morgan fingerprint density at radius 1 is 0.730 bits per heavy atom. The van der Waals surface area contributed by atoms with Crippen LogP contribution < -0.4 is 16.4 Å². The molecule has 0 saturated heterocycles. The van der Waals surface area contributed by atoms with Gasteiger partial charge in [-0.2, -0.15) is 0 Å². The van der Waals surface area contributed by atoms with E-state index in [1.54, 1.807) is 36.4 Å². The van der Waals surface area contributed by atoms with Gasteiger partial charge in [-0.1, -0.05) is 66.7 Å². The molecule has 4 N–H and O–H groups in total. The van der Waals surface area contributed by atoms with Crippen LogP contribution in [-0.2, 0) is 9.59 Å². The molecule has 1 atom stereocenters. The van der Waals surface area contributed by atoms with E-state index >= 15 is 0 Å². The first-order chi connectivity index (χ1) is 18.0. The lowest BCUT2D eigenvalue weighted by Gasteiger charge is -2.18. The van der Waals surface area contributed by atoms with E-state index in [-0.39, 0.29) is 11.8 Å². The summed E-state index contributed by atoms with van der Waals surface area (Å²) in [5.41, 5.74) is 8.62. The highest BCUT2D eigenvalue weighted by molar-refractivity contribution is 8.00. The zero-order chi connectivity index (χ0) is 26.0. The number of anilines is 2. The first-order valence-corrected chi connectivity index (χ1v) is 12.4. The number of thioether (sulfide) groups is 1. The van der Waals surface area contributed by atoms with Gasteiger partial charge in [-0.3, -0.25) is 14.4 Å². The molecule has 3 amide bonds. The third-order valence-electron chi connectivity index (χ3n) is 5.36. The summed E-state index contributed by atoms with van der Waals surface area (Å²) in [6.07, 6.45) is 3.23. The largest absolute Gasteiger partial charge is 0.366 e. The van der Waals surface area contributed by atoms with Crippen molar-refractivity contribution < 1.29 is 14.4 Å². The van der Waals surface area contributed by atoms with Crippen molar-refractivity contribution in [3.63, 3.8) is 0 Å². The van der Waals surface area contributed by atoms with Gasteiger partial charge in [-0.25, -0.2) is 0 Å². The molecular formula is C30H25N3O3S. The molecule has 1 unspecified atom stereocenters. The number of primary amides is 1. The van der Waals surface area contributed by atoms with Crippen LogP contribution in [0, 0.1) is 0 Å². The van der Waals surface area contributed by atoms with E-state index in [0.717, 1.165) is 16.0 Å². The van der Waals surface area contributed by atoms with Gasteiger partial charge in [0.1, 0.15) is 5.25 Å². The Morgan fingerprint density at radius 3 is 2.08 bits per heavy atom. The van der Waals surface area contributed by atoms with Crippen molar-refractivity contribution in [1.29, 1.82) is 0 Å². The second kappa shape index (κ2) is 12.4. The third-order valence-corrected chi connectivity index (χ3v) is 6.61. The summed E-state index contributed by atoms with van der Waals surface area (Å²) in [7, 11) is 0. The van der Waals surface area contributed by atoms with Crippen LogP contribution in [-0.4, -0.2) is 17.7 Å². The monoisotopic (exact) mass is 507 g/mol. The summed E-state index contributed by atoms with van der Waals surface area (Å²) >= 11 is 1.37. The zero-order valence-electron chi connectivity index (χ0n) is 19.8. The van der Waals surface area contributed by atoms with Gasteiger partial charge in [-0.05, 0) is 59.7 Å².